The van der Waals surface area contributed by atoms with Gasteiger partial charge < -0.3 is 14.7 Å². The number of allylic oxidation sites excluding steroid dienone is 1. The normalized spacial score (nSPS) is 18.3. The molecule has 1 heterocycles. The minimum atomic E-state index is -1.04. The van der Waals surface area contributed by atoms with Crippen LogP contribution in [0.2, 0.25) is 0 Å². The van der Waals surface area contributed by atoms with E-state index in [0.717, 1.165) is 41.6 Å². The van der Waals surface area contributed by atoms with Crippen LogP contribution in [0.1, 0.15) is 69.8 Å². The first-order chi connectivity index (χ1) is 16.5. The molecule has 0 saturated carbocycles. The summed E-state index contributed by atoms with van der Waals surface area (Å²) >= 11 is 6.39. The van der Waals surface area contributed by atoms with Gasteiger partial charge >= 0.3 is 12.1 Å². The fourth-order valence-corrected chi connectivity index (χ4v) is 4.64. The summed E-state index contributed by atoms with van der Waals surface area (Å²) in [6.45, 7) is 10.1. The first-order valence-electron chi connectivity index (χ1n) is 12.1. The van der Waals surface area contributed by atoms with Crippen LogP contribution in [-0.4, -0.2) is 44.2 Å². The summed E-state index contributed by atoms with van der Waals surface area (Å²) in [4.78, 5) is 27.9. The number of carbonyl (C=O) groups excluding carboxylic acids is 1. The van der Waals surface area contributed by atoms with E-state index in [4.69, 9.17) is 16.3 Å². The van der Waals surface area contributed by atoms with Gasteiger partial charge in [0.05, 0.1) is 5.56 Å². The maximum atomic E-state index is 12.8. The molecule has 0 saturated heterocycles. The number of nitrogens with zero attached hydrogens (tertiary/aromatic N) is 2. The minimum Gasteiger partial charge on any atom is -0.465 e. The molecule has 0 aliphatic carbocycles. The lowest BCUT2D eigenvalue weighted by molar-refractivity contribution is 0.00702. The highest BCUT2D eigenvalue weighted by Crippen LogP contribution is 2.31. The smallest absolute Gasteiger partial charge is 0.410 e. The Bertz CT molecular complexity index is 1080. The number of alkyl halides is 1. The number of esters is 1. The van der Waals surface area contributed by atoms with Crippen LogP contribution < -0.4 is 0 Å². The number of amides is 1. The van der Waals surface area contributed by atoms with E-state index in [0.29, 0.717) is 12.1 Å². The molecule has 2 atom stereocenters. The van der Waals surface area contributed by atoms with Crippen molar-refractivity contribution in [3.8, 4) is 11.1 Å². The van der Waals surface area contributed by atoms with E-state index in [1.165, 1.54) is 4.90 Å². The molecule has 1 N–H and O–H groups in total. The van der Waals surface area contributed by atoms with Crippen LogP contribution in [0.4, 0.5) is 4.79 Å². The van der Waals surface area contributed by atoms with E-state index in [9.17, 15) is 14.7 Å². The quantitative estimate of drug-likeness (QED) is 0.250. The first kappa shape index (κ1) is 26.6. The van der Waals surface area contributed by atoms with E-state index in [1.54, 1.807) is 6.07 Å². The molecule has 3 rings (SSSR count). The second-order valence-electron chi connectivity index (χ2n) is 9.83. The lowest BCUT2D eigenvalue weighted by atomic mass is 9.98. The molecule has 6 nitrogen and oxygen atoms in total. The number of unbranched alkanes of at least 4 members (excludes halogenated alkanes) is 1. The average Bonchev–Trinajstić information content (AvgIpc) is 2.79. The van der Waals surface area contributed by atoms with Crippen molar-refractivity contribution in [1.29, 1.82) is 0 Å². The third-order valence-electron chi connectivity index (χ3n) is 5.99. The molecule has 0 radical (unpaired) electrons. The number of benzene rings is 2. The van der Waals surface area contributed by atoms with Crippen LogP contribution in [0.25, 0.3) is 11.1 Å². The third kappa shape index (κ3) is 6.57. The average molecular weight is 499 g/mol. The van der Waals surface area contributed by atoms with Crippen molar-refractivity contribution in [2.45, 2.75) is 77.7 Å². The zero-order valence-electron chi connectivity index (χ0n) is 21.1. The van der Waals surface area contributed by atoms with E-state index in [2.05, 4.69) is 11.8 Å². The summed E-state index contributed by atoms with van der Waals surface area (Å²) in [5.41, 5.74) is 3.09. The number of rotatable bonds is 7. The zero-order chi connectivity index (χ0) is 25.8. The molecule has 7 heteroatoms. The third-order valence-corrected chi connectivity index (χ3v) is 6.33. The Hall–Kier alpha value is -2.99. The standard InChI is InChI=1S/C28H35ClN2O4/c1-6-7-10-22-17-25(29)31(27(33)34)19(2)30(22)18-20-13-15-21(16-14-20)23-11-8-9-12-24(23)26(32)35-28(3,4)5/h8-9,11-17,19,25H,6-7,10,18H2,1-5H3,(H,33,34). The second-order valence-corrected chi connectivity index (χ2v) is 10.3. The number of hydrogen-bond acceptors (Lipinski definition) is 4. The fraction of sp³-hybridized carbons (Fsp3) is 0.429. The Kier molecular flexibility index (Phi) is 8.49. The highest BCUT2D eigenvalue weighted by atomic mass is 35.5. The Morgan fingerprint density at radius 2 is 1.74 bits per heavy atom. The summed E-state index contributed by atoms with van der Waals surface area (Å²) in [6, 6.07) is 15.4. The molecule has 1 aliphatic rings. The molecule has 188 valence electrons. The van der Waals surface area contributed by atoms with E-state index < -0.39 is 17.2 Å². The summed E-state index contributed by atoms with van der Waals surface area (Å²) in [6.07, 6.45) is 3.31. The predicted molar refractivity (Wildman–Crippen MR) is 139 cm³/mol. The topological polar surface area (TPSA) is 70.1 Å². The Morgan fingerprint density at radius 3 is 2.34 bits per heavy atom. The zero-order valence-corrected chi connectivity index (χ0v) is 21.9. The Labute approximate surface area is 213 Å². The number of hydrogen-bond donors (Lipinski definition) is 1. The van der Waals surface area contributed by atoms with Gasteiger partial charge in [0, 0.05) is 12.2 Å². The van der Waals surface area contributed by atoms with Crippen molar-refractivity contribution in [3.05, 3.63) is 71.4 Å². The highest BCUT2D eigenvalue weighted by molar-refractivity contribution is 6.22. The van der Waals surface area contributed by atoms with Crippen molar-refractivity contribution in [2.75, 3.05) is 0 Å². The number of halogens is 1. The molecule has 1 amide bonds. The fourth-order valence-electron chi connectivity index (χ4n) is 4.25. The van der Waals surface area contributed by atoms with Crippen molar-refractivity contribution in [3.63, 3.8) is 0 Å². The maximum absolute atomic E-state index is 12.8. The lowest BCUT2D eigenvalue weighted by Crippen LogP contribution is -2.54. The van der Waals surface area contributed by atoms with Gasteiger partial charge in [0.25, 0.3) is 0 Å². The van der Waals surface area contributed by atoms with Gasteiger partial charge in [0.2, 0.25) is 0 Å². The summed E-state index contributed by atoms with van der Waals surface area (Å²) in [5, 5.41) is 9.68. The van der Waals surface area contributed by atoms with Crippen LogP contribution in [0.15, 0.2) is 60.3 Å². The molecule has 2 aromatic carbocycles. The van der Waals surface area contributed by atoms with Gasteiger partial charge in [-0.2, -0.15) is 0 Å². The molecule has 1 aliphatic heterocycles. The monoisotopic (exact) mass is 498 g/mol. The van der Waals surface area contributed by atoms with Crippen molar-refractivity contribution < 1.29 is 19.4 Å². The molecular formula is C28H35ClN2O4. The molecule has 2 unspecified atom stereocenters. The van der Waals surface area contributed by atoms with Crippen molar-refractivity contribution in [1.82, 2.24) is 9.80 Å². The van der Waals surface area contributed by atoms with Gasteiger partial charge in [-0.15, -0.1) is 0 Å². The molecule has 0 spiro atoms. The van der Waals surface area contributed by atoms with Gasteiger partial charge in [-0.25, -0.2) is 9.59 Å². The summed E-state index contributed by atoms with van der Waals surface area (Å²) < 4.78 is 5.59. The predicted octanol–water partition coefficient (Wildman–Crippen LogP) is 7.09. The van der Waals surface area contributed by atoms with E-state index in [1.807, 2.05) is 76.2 Å². The van der Waals surface area contributed by atoms with Crippen LogP contribution in [0.5, 0.6) is 0 Å². The molecule has 0 aromatic heterocycles. The van der Waals surface area contributed by atoms with Gasteiger partial charge in [-0.3, -0.25) is 4.90 Å². The molecule has 0 bridgehead atoms. The largest absolute Gasteiger partial charge is 0.465 e. The van der Waals surface area contributed by atoms with Gasteiger partial charge in [-0.1, -0.05) is 67.4 Å². The number of ether oxygens (including phenoxy) is 1. The van der Waals surface area contributed by atoms with Crippen LogP contribution in [0.3, 0.4) is 0 Å². The van der Waals surface area contributed by atoms with E-state index >= 15 is 0 Å². The second kappa shape index (κ2) is 11.2. The molecule has 0 fully saturated rings. The van der Waals surface area contributed by atoms with E-state index in [-0.39, 0.29) is 12.1 Å². The van der Waals surface area contributed by atoms with Crippen LogP contribution >= 0.6 is 11.6 Å². The molecular weight excluding hydrogens is 464 g/mol. The Balaban J connectivity index is 1.86. The van der Waals surface area contributed by atoms with Crippen LogP contribution in [-0.2, 0) is 11.3 Å². The molecule has 35 heavy (non-hydrogen) atoms. The maximum Gasteiger partial charge on any atom is 0.410 e. The highest BCUT2D eigenvalue weighted by Gasteiger charge is 2.35. The van der Waals surface area contributed by atoms with Crippen molar-refractivity contribution >= 4 is 23.7 Å². The van der Waals surface area contributed by atoms with Gasteiger partial charge in [-0.05, 0) is 69.4 Å². The number of carboxylic acid groups (broad SMARTS) is 1. The summed E-state index contributed by atoms with van der Waals surface area (Å²) in [5.74, 6) is -0.352. The molecule has 2 aromatic rings. The minimum absolute atomic E-state index is 0.352. The van der Waals surface area contributed by atoms with Gasteiger partial charge in [0.15, 0.2) is 0 Å². The summed E-state index contributed by atoms with van der Waals surface area (Å²) in [7, 11) is 0. The van der Waals surface area contributed by atoms with Gasteiger partial charge in [0.1, 0.15) is 17.3 Å². The van der Waals surface area contributed by atoms with Crippen molar-refractivity contribution in [2.24, 2.45) is 0 Å². The first-order valence-corrected chi connectivity index (χ1v) is 12.5. The Morgan fingerprint density at radius 1 is 1.09 bits per heavy atom. The van der Waals surface area contributed by atoms with Crippen LogP contribution in [0, 0.1) is 0 Å². The lowest BCUT2D eigenvalue weighted by Gasteiger charge is -2.44. The SMILES string of the molecule is CCCCC1=CC(Cl)N(C(=O)O)C(C)N1Cc1ccc(-c2ccccc2C(=O)OC(C)(C)C)cc1. The number of carbonyl (C=O) groups is 2.